The summed E-state index contributed by atoms with van der Waals surface area (Å²) in [7, 11) is 0. The van der Waals surface area contributed by atoms with Gasteiger partial charge >= 0.3 is 0 Å². The smallest absolute Gasteiger partial charge is 0.146 e. The molecule has 0 aliphatic rings. The molecule has 0 aromatic rings. The zero-order chi connectivity index (χ0) is 7.82. The second-order valence-electron chi connectivity index (χ2n) is 1.86. The van der Waals surface area contributed by atoms with Gasteiger partial charge in [-0.1, -0.05) is 18.2 Å². The van der Waals surface area contributed by atoms with Crippen LogP contribution in [0.4, 0.5) is 0 Å². The maximum atomic E-state index is 10.2. The molecule has 0 saturated heterocycles. The fourth-order valence-corrected chi connectivity index (χ4v) is 0.530. The number of hydrogen-bond donors (Lipinski definition) is 1. The SMILES string of the molecule is CC=CC=C(C=O)CCO. The highest BCUT2D eigenvalue weighted by molar-refractivity contribution is 5.73. The molecule has 0 aromatic carbocycles. The first-order valence-electron chi connectivity index (χ1n) is 3.23. The monoisotopic (exact) mass is 140 g/mol. The van der Waals surface area contributed by atoms with Crippen molar-refractivity contribution in [3.63, 3.8) is 0 Å². The van der Waals surface area contributed by atoms with Gasteiger partial charge in [-0.2, -0.15) is 0 Å². The Kier molecular flexibility index (Phi) is 5.68. The molecule has 0 radical (unpaired) electrons. The molecular formula is C8H12O2. The van der Waals surface area contributed by atoms with E-state index in [0.717, 1.165) is 6.29 Å². The van der Waals surface area contributed by atoms with Crippen molar-refractivity contribution in [2.75, 3.05) is 6.61 Å². The molecule has 10 heavy (non-hydrogen) atoms. The maximum absolute atomic E-state index is 10.2. The molecule has 0 saturated carbocycles. The summed E-state index contributed by atoms with van der Waals surface area (Å²) < 4.78 is 0. The Balaban J connectivity index is 3.90. The van der Waals surface area contributed by atoms with Crippen molar-refractivity contribution in [2.45, 2.75) is 13.3 Å². The lowest BCUT2D eigenvalue weighted by atomic mass is 10.2. The molecule has 0 bridgehead atoms. The molecule has 0 atom stereocenters. The second-order valence-corrected chi connectivity index (χ2v) is 1.86. The van der Waals surface area contributed by atoms with Crippen LogP contribution < -0.4 is 0 Å². The quantitative estimate of drug-likeness (QED) is 0.360. The van der Waals surface area contributed by atoms with Crippen LogP contribution in [0, 0.1) is 0 Å². The van der Waals surface area contributed by atoms with Crippen LogP contribution in [-0.2, 0) is 4.79 Å². The number of rotatable bonds is 4. The van der Waals surface area contributed by atoms with Gasteiger partial charge in [0.25, 0.3) is 0 Å². The molecule has 56 valence electrons. The fourth-order valence-electron chi connectivity index (χ4n) is 0.530. The minimum Gasteiger partial charge on any atom is -0.396 e. The number of hydrogen-bond acceptors (Lipinski definition) is 2. The Morgan fingerprint density at radius 1 is 1.60 bits per heavy atom. The van der Waals surface area contributed by atoms with E-state index in [0.29, 0.717) is 12.0 Å². The van der Waals surface area contributed by atoms with Gasteiger partial charge in [0.2, 0.25) is 0 Å². The van der Waals surface area contributed by atoms with Crippen LogP contribution in [0.15, 0.2) is 23.8 Å². The minimum absolute atomic E-state index is 0.0299. The van der Waals surface area contributed by atoms with Crippen molar-refractivity contribution >= 4 is 6.29 Å². The van der Waals surface area contributed by atoms with Crippen molar-refractivity contribution in [2.24, 2.45) is 0 Å². The third-order valence-electron chi connectivity index (χ3n) is 1.05. The Morgan fingerprint density at radius 2 is 2.30 bits per heavy atom. The largest absolute Gasteiger partial charge is 0.396 e. The molecule has 1 N–H and O–H groups in total. The first kappa shape index (κ1) is 9.11. The van der Waals surface area contributed by atoms with Gasteiger partial charge in [-0.05, 0) is 18.9 Å². The summed E-state index contributed by atoms with van der Waals surface area (Å²) >= 11 is 0. The van der Waals surface area contributed by atoms with Gasteiger partial charge in [-0.3, -0.25) is 4.79 Å². The lowest BCUT2D eigenvalue weighted by Crippen LogP contribution is -1.88. The highest BCUT2D eigenvalue weighted by Gasteiger charge is 1.89. The van der Waals surface area contributed by atoms with E-state index in [-0.39, 0.29) is 6.61 Å². The van der Waals surface area contributed by atoms with Gasteiger partial charge < -0.3 is 5.11 Å². The Morgan fingerprint density at radius 3 is 2.70 bits per heavy atom. The molecule has 0 rings (SSSR count). The van der Waals surface area contributed by atoms with Crippen LogP contribution in [-0.4, -0.2) is 18.0 Å². The van der Waals surface area contributed by atoms with Gasteiger partial charge in [-0.25, -0.2) is 0 Å². The topological polar surface area (TPSA) is 37.3 Å². The summed E-state index contributed by atoms with van der Waals surface area (Å²) in [6.07, 6.45) is 6.51. The van der Waals surface area contributed by atoms with E-state index in [1.807, 2.05) is 13.0 Å². The Bertz CT molecular complexity index is 145. The number of aliphatic hydroxyl groups excluding tert-OH is 1. The average Bonchev–Trinajstić information content (AvgIpc) is 1.98. The molecule has 0 heterocycles. The molecule has 2 nitrogen and oxygen atoms in total. The molecule has 0 fully saturated rings. The van der Waals surface area contributed by atoms with Gasteiger partial charge in [0.05, 0.1) is 0 Å². The molecule has 2 heteroatoms. The van der Waals surface area contributed by atoms with Crippen LogP contribution in [0.5, 0.6) is 0 Å². The highest BCUT2D eigenvalue weighted by Crippen LogP contribution is 1.95. The molecule has 0 aliphatic carbocycles. The van der Waals surface area contributed by atoms with Gasteiger partial charge in [0.1, 0.15) is 6.29 Å². The van der Waals surface area contributed by atoms with E-state index in [2.05, 4.69) is 0 Å². The average molecular weight is 140 g/mol. The number of aliphatic hydroxyl groups is 1. The lowest BCUT2D eigenvalue weighted by molar-refractivity contribution is -0.105. The van der Waals surface area contributed by atoms with Crippen LogP contribution >= 0.6 is 0 Å². The number of aldehydes is 1. The summed E-state index contributed by atoms with van der Waals surface area (Å²) in [6, 6.07) is 0. The van der Waals surface area contributed by atoms with E-state index < -0.39 is 0 Å². The van der Waals surface area contributed by atoms with Gasteiger partial charge in [-0.15, -0.1) is 0 Å². The van der Waals surface area contributed by atoms with Crippen molar-refractivity contribution in [1.82, 2.24) is 0 Å². The molecule has 0 spiro atoms. The van der Waals surface area contributed by atoms with Crippen LogP contribution in [0.2, 0.25) is 0 Å². The van der Waals surface area contributed by atoms with E-state index in [1.54, 1.807) is 12.2 Å². The van der Waals surface area contributed by atoms with Crippen molar-refractivity contribution < 1.29 is 9.90 Å². The minimum atomic E-state index is 0.0299. The van der Waals surface area contributed by atoms with Gasteiger partial charge in [0, 0.05) is 6.61 Å². The van der Waals surface area contributed by atoms with E-state index in [9.17, 15) is 4.79 Å². The van der Waals surface area contributed by atoms with Crippen LogP contribution in [0.3, 0.4) is 0 Å². The third kappa shape index (κ3) is 4.04. The number of carbonyl (C=O) groups is 1. The first-order valence-corrected chi connectivity index (χ1v) is 3.23. The number of allylic oxidation sites excluding steroid dienone is 3. The molecule has 0 unspecified atom stereocenters. The second kappa shape index (κ2) is 6.23. The Labute approximate surface area is 60.9 Å². The summed E-state index contributed by atoms with van der Waals surface area (Å²) in [5.41, 5.74) is 0.626. The zero-order valence-corrected chi connectivity index (χ0v) is 6.08. The van der Waals surface area contributed by atoms with Crippen molar-refractivity contribution in [1.29, 1.82) is 0 Å². The molecule has 0 amide bonds. The van der Waals surface area contributed by atoms with Crippen LogP contribution in [0.25, 0.3) is 0 Å². The molecular weight excluding hydrogens is 128 g/mol. The lowest BCUT2D eigenvalue weighted by Gasteiger charge is -1.90. The van der Waals surface area contributed by atoms with E-state index >= 15 is 0 Å². The third-order valence-corrected chi connectivity index (χ3v) is 1.05. The van der Waals surface area contributed by atoms with Crippen LogP contribution in [0.1, 0.15) is 13.3 Å². The predicted molar refractivity (Wildman–Crippen MR) is 40.7 cm³/mol. The fraction of sp³-hybridized carbons (Fsp3) is 0.375. The Hall–Kier alpha value is -0.890. The van der Waals surface area contributed by atoms with Gasteiger partial charge in [0.15, 0.2) is 0 Å². The van der Waals surface area contributed by atoms with E-state index in [1.165, 1.54) is 0 Å². The summed E-state index contributed by atoms with van der Waals surface area (Å²) in [4.78, 5) is 10.2. The standard InChI is InChI=1S/C8H12O2/c1-2-3-4-8(7-10)5-6-9/h2-4,7,9H,5-6H2,1H3. The zero-order valence-electron chi connectivity index (χ0n) is 6.08. The predicted octanol–water partition coefficient (Wildman–Crippen LogP) is 1.07. The summed E-state index contributed by atoms with van der Waals surface area (Å²) in [6.45, 7) is 1.90. The normalized spacial score (nSPS) is 12.4. The molecule has 0 aromatic heterocycles. The maximum Gasteiger partial charge on any atom is 0.146 e. The van der Waals surface area contributed by atoms with Crippen molar-refractivity contribution in [3.05, 3.63) is 23.8 Å². The first-order chi connectivity index (χ1) is 4.85. The number of carbonyl (C=O) groups excluding carboxylic acids is 1. The highest BCUT2D eigenvalue weighted by atomic mass is 16.3. The van der Waals surface area contributed by atoms with Crippen molar-refractivity contribution in [3.8, 4) is 0 Å². The molecule has 0 aliphatic heterocycles. The summed E-state index contributed by atoms with van der Waals surface area (Å²) in [5, 5.41) is 8.44. The van der Waals surface area contributed by atoms with E-state index in [4.69, 9.17) is 5.11 Å². The summed E-state index contributed by atoms with van der Waals surface area (Å²) in [5.74, 6) is 0.